The molecule has 0 atom stereocenters. The summed E-state index contributed by atoms with van der Waals surface area (Å²) in [6, 6.07) is 2.25. The van der Waals surface area contributed by atoms with E-state index in [1.807, 2.05) is 0 Å². The fraction of sp³-hybridized carbons (Fsp3) is 0.125. The Kier molecular flexibility index (Phi) is 3.81. The molecule has 2 nitrogen and oxygen atoms in total. The molecule has 5 heteroatoms. The number of rotatable bonds is 1. The lowest BCUT2D eigenvalue weighted by Crippen LogP contribution is -2.14. The van der Waals surface area contributed by atoms with Crippen LogP contribution in [0.2, 0.25) is 0 Å². The summed E-state index contributed by atoms with van der Waals surface area (Å²) in [4.78, 5) is 0. The van der Waals surface area contributed by atoms with E-state index in [0.29, 0.717) is 0 Å². The van der Waals surface area contributed by atoms with Gasteiger partial charge in [-0.1, -0.05) is 0 Å². The molecule has 0 aliphatic heterocycles. The highest BCUT2D eigenvalue weighted by Crippen LogP contribution is 2.14. The van der Waals surface area contributed by atoms with E-state index in [1.165, 1.54) is 6.92 Å². The quantitative estimate of drug-likeness (QED) is 0.536. The molecule has 0 bridgehead atoms. The molecule has 1 aromatic rings. The Hall–Kier alpha value is -1.16. The molecular weight excluding hydrogens is 198 g/mol. The van der Waals surface area contributed by atoms with Crippen molar-refractivity contribution in [2.45, 2.75) is 6.92 Å². The Balaban J connectivity index is 0.00000144. The van der Waals surface area contributed by atoms with E-state index in [9.17, 15) is 8.78 Å². The monoisotopic (exact) mass is 206 g/mol. The predicted octanol–water partition coefficient (Wildman–Crippen LogP) is 1.98. The van der Waals surface area contributed by atoms with Gasteiger partial charge in [0.15, 0.2) is 0 Å². The van der Waals surface area contributed by atoms with E-state index < -0.39 is 17.5 Å². The third-order valence-electron chi connectivity index (χ3n) is 1.61. The lowest BCUT2D eigenvalue weighted by atomic mass is 10.1. The highest BCUT2D eigenvalue weighted by atomic mass is 35.5. The lowest BCUT2D eigenvalue weighted by Gasteiger charge is -2.03. The molecule has 0 aliphatic rings. The molecule has 3 N–H and O–H groups in total. The van der Waals surface area contributed by atoms with E-state index in [2.05, 4.69) is 0 Å². The smallest absolute Gasteiger partial charge is 0.139 e. The maximum atomic E-state index is 13.1. The second-order valence-electron chi connectivity index (χ2n) is 2.45. The number of halogens is 3. The summed E-state index contributed by atoms with van der Waals surface area (Å²) in [5.74, 6) is -1.78. The molecule has 0 saturated heterocycles. The van der Waals surface area contributed by atoms with Crippen LogP contribution in [0, 0.1) is 24.0 Å². The van der Waals surface area contributed by atoms with Gasteiger partial charge in [0.1, 0.15) is 17.5 Å². The Labute approximate surface area is 80.7 Å². The third-order valence-corrected chi connectivity index (χ3v) is 1.61. The largest absolute Gasteiger partial charge is 0.384 e. The van der Waals surface area contributed by atoms with Gasteiger partial charge in [0.05, 0.1) is 5.56 Å². The fourth-order valence-electron chi connectivity index (χ4n) is 0.870. The average Bonchev–Trinajstić information content (AvgIpc) is 2.00. The minimum absolute atomic E-state index is 0. The zero-order valence-corrected chi connectivity index (χ0v) is 7.71. The van der Waals surface area contributed by atoms with Gasteiger partial charge in [-0.2, -0.15) is 0 Å². The average molecular weight is 207 g/mol. The molecule has 72 valence electrons. The van der Waals surface area contributed by atoms with Crippen LogP contribution in [-0.4, -0.2) is 5.84 Å². The van der Waals surface area contributed by atoms with Gasteiger partial charge in [0.25, 0.3) is 0 Å². The van der Waals surface area contributed by atoms with E-state index in [4.69, 9.17) is 11.1 Å². The molecule has 1 rings (SSSR count). The summed E-state index contributed by atoms with van der Waals surface area (Å²) in [5.41, 5.74) is 4.88. The summed E-state index contributed by atoms with van der Waals surface area (Å²) >= 11 is 0. The summed E-state index contributed by atoms with van der Waals surface area (Å²) in [6.45, 7) is 1.30. The Morgan fingerprint density at radius 3 is 2.38 bits per heavy atom. The second-order valence-corrected chi connectivity index (χ2v) is 2.45. The van der Waals surface area contributed by atoms with Crippen LogP contribution in [0.1, 0.15) is 11.1 Å². The van der Waals surface area contributed by atoms with Gasteiger partial charge in [0.2, 0.25) is 0 Å². The lowest BCUT2D eigenvalue weighted by molar-refractivity contribution is 0.566. The first-order valence-electron chi connectivity index (χ1n) is 3.33. The fourth-order valence-corrected chi connectivity index (χ4v) is 0.870. The third kappa shape index (κ3) is 2.15. The standard InChI is InChI=1S/C8H8F2N2.ClH/c1-4-6(9)3-2-5(7(4)10)8(11)12;/h2-3H,1H3,(H3,11,12);1H. The first kappa shape index (κ1) is 11.8. The van der Waals surface area contributed by atoms with E-state index in [1.54, 1.807) is 0 Å². The molecule has 0 heterocycles. The Bertz CT molecular complexity index is 339. The van der Waals surface area contributed by atoms with Crippen molar-refractivity contribution < 1.29 is 8.78 Å². The maximum absolute atomic E-state index is 13.1. The molecule has 0 aliphatic carbocycles. The van der Waals surface area contributed by atoms with Gasteiger partial charge in [-0.3, -0.25) is 5.41 Å². The van der Waals surface area contributed by atoms with Crippen LogP contribution in [0.25, 0.3) is 0 Å². The first-order valence-corrected chi connectivity index (χ1v) is 3.33. The zero-order chi connectivity index (χ0) is 9.30. The van der Waals surface area contributed by atoms with Gasteiger partial charge >= 0.3 is 0 Å². The van der Waals surface area contributed by atoms with Crippen LogP contribution >= 0.6 is 12.4 Å². The predicted molar refractivity (Wildman–Crippen MR) is 49.4 cm³/mol. The van der Waals surface area contributed by atoms with Crippen LogP contribution in [-0.2, 0) is 0 Å². The number of hydrogen-bond acceptors (Lipinski definition) is 1. The zero-order valence-electron chi connectivity index (χ0n) is 6.90. The molecule has 1 aromatic carbocycles. The molecule has 13 heavy (non-hydrogen) atoms. The normalized spacial score (nSPS) is 9.15. The van der Waals surface area contributed by atoms with Crippen molar-refractivity contribution in [3.8, 4) is 0 Å². The SMILES string of the molecule is Cc1c(F)ccc(C(=N)N)c1F.Cl. The minimum Gasteiger partial charge on any atom is -0.384 e. The van der Waals surface area contributed by atoms with Crippen molar-refractivity contribution in [3.05, 3.63) is 34.9 Å². The Morgan fingerprint density at radius 2 is 1.92 bits per heavy atom. The van der Waals surface area contributed by atoms with Crippen molar-refractivity contribution in [2.24, 2.45) is 5.73 Å². The number of nitrogens with one attached hydrogen (secondary N) is 1. The van der Waals surface area contributed by atoms with E-state index >= 15 is 0 Å². The van der Waals surface area contributed by atoms with Crippen LogP contribution in [0.4, 0.5) is 8.78 Å². The summed E-state index contributed by atoms with van der Waals surface area (Å²) in [5, 5.41) is 6.96. The Morgan fingerprint density at radius 1 is 1.38 bits per heavy atom. The second kappa shape index (κ2) is 4.18. The molecule has 0 fully saturated rings. The number of nitrogens with two attached hydrogens (primary N) is 1. The van der Waals surface area contributed by atoms with Crippen LogP contribution in [0.15, 0.2) is 12.1 Å². The van der Waals surface area contributed by atoms with Gasteiger partial charge < -0.3 is 5.73 Å². The summed E-state index contributed by atoms with van der Waals surface area (Å²) in [7, 11) is 0. The maximum Gasteiger partial charge on any atom is 0.139 e. The van der Waals surface area contributed by atoms with Gasteiger partial charge in [0, 0.05) is 5.56 Å². The molecule has 0 spiro atoms. The molecule has 0 radical (unpaired) electrons. The number of nitrogen functional groups attached to an aromatic ring is 1. The molecule has 0 amide bonds. The molecule has 0 aromatic heterocycles. The van der Waals surface area contributed by atoms with Crippen molar-refractivity contribution in [3.63, 3.8) is 0 Å². The van der Waals surface area contributed by atoms with Crippen LogP contribution in [0.3, 0.4) is 0 Å². The van der Waals surface area contributed by atoms with Gasteiger partial charge in [-0.15, -0.1) is 12.4 Å². The highest BCUT2D eigenvalue weighted by molar-refractivity contribution is 5.95. The molecular formula is C8H9ClF2N2. The van der Waals surface area contributed by atoms with E-state index in [0.717, 1.165) is 12.1 Å². The highest BCUT2D eigenvalue weighted by Gasteiger charge is 2.10. The van der Waals surface area contributed by atoms with Gasteiger partial charge in [-0.05, 0) is 19.1 Å². The van der Waals surface area contributed by atoms with Gasteiger partial charge in [-0.25, -0.2) is 8.78 Å². The van der Waals surface area contributed by atoms with Crippen LogP contribution < -0.4 is 5.73 Å². The van der Waals surface area contributed by atoms with E-state index in [-0.39, 0.29) is 23.5 Å². The topological polar surface area (TPSA) is 49.9 Å². The van der Waals surface area contributed by atoms with Crippen molar-refractivity contribution >= 4 is 18.2 Å². The van der Waals surface area contributed by atoms with Crippen molar-refractivity contribution in [1.29, 1.82) is 5.41 Å². The summed E-state index contributed by atoms with van der Waals surface area (Å²) in [6.07, 6.45) is 0. The summed E-state index contributed by atoms with van der Waals surface area (Å²) < 4.78 is 25.7. The first-order chi connectivity index (χ1) is 5.54. The van der Waals surface area contributed by atoms with Crippen LogP contribution in [0.5, 0.6) is 0 Å². The number of amidine groups is 1. The molecule has 0 saturated carbocycles. The molecule has 0 unspecified atom stereocenters. The van der Waals surface area contributed by atoms with Crippen molar-refractivity contribution in [1.82, 2.24) is 0 Å². The number of benzene rings is 1. The number of hydrogen-bond donors (Lipinski definition) is 2. The minimum atomic E-state index is -0.762. The van der Waals surface area contributed by atoms with Crippen molar-refractivity contribution in [2.75, 3.05) is 0 Å².